The second kappa shape index (κ2) is 7.97. The molecule has 3 aromatic carbocycles. The average Bonchev–Trinajstić information content (AvgIpc) is 2.70. The maximum Gasteiger partial charge on any atom is 0.186 e. The Morgan fingerprint density at radius 3 is 1.97 bits per heavy atom. The van der Waals surface area contributed by atoms with E-state index in [1.807, 2.05) is 0 Å². The summed E-state index contributed by atoms with van der Waals surface area (Å²) in [6, 6.07) is 19.0. The number of carbonyl (C=O) groups excluding carboxylic acids is 2. The van der Waals surface area contributed by atoms with E-state index in [0.29, 0.717) is 39.9 Å². The lowest BCUT2D eigenvalue weighted by Crippen LogP contribution is -2.07. The molecule has 0 aliphatic heterocycles. The predicted molar refractivity (Wildman–Crippen MR) is 115 cm³/mol. The molecule has 0 spiro atoms. The van der Waals surface area contributed by atoms with Crippen molar-refractivity contribution >= 4 is 28.5 Å². The first kappa shape index (κ1) is 19.0. The number of hydrogen-bond donors (Lipinski definition) is 2. The van der Waals surface area contributed by atoms with Crippen molar-refractivity contribution < 1.29 is 19.1 Å². The molecule has 1 aliphatic carbocycles. The molecule has 0 atom stereocenters. The van der Waals surface area contributed by atoms with E-state index in [9.17, 15) is 9.59 Å². The van der Waals surface area contributed by atoms with Crippen molar-refractivity contribution in [2.75, 3.05) is 11.5 Å². The van der Waals surface area contributed by atoms with Gasteiger partial charge in [0.25, 0.3) is 0 Å². The van der Waals surface area contributed by atoms with Crippen molar-refractivity contribution in [1.29, 1.82) is 0 Å². The highest BCUT2D eigenvalue weighted by atomic mass is 16.5. The van der Waals surface area contributed by atoms with Crippen molar-refractivity contribution in [3.05, 3.63) is 90.5 Å². The van der Waals surface area contributed by atoms with Gasteiger partial charge in [0.15, 0.2) is 11.6 Å². The number of rotatable bonds is 5. The fraction of sp³-hybridized carbons (Fsp3) is 0. The molecule has 0 unspecified atom stereocenters. The third kappa shape index (κ3) is 4.23. The molecular formula is C24H18N2O4. The van der Waals surface area contributed by atoms with Gasteiger partial charge in [-0.2, -0.15) is 0 Å². The summed E-state index contributed by atoms with van der Waals surface area (Å²) >= 11 is 0. The minimum absolute atomic E-state index is 0.247. The number of allylic oxidation sites excluding steroid dienone is 4. The third-order valence-electron chi connectivity index (χ3n) is 4.37. The summed E-state index contributed by atoms with van der Waals surface area (Å²) in [5.41, 5.74) is 13.5. The Morgan fingerprint density at radius 2 is 1.30 bits per heavy atom. The van der Waals surface area contributed by atoms with Gasteiger partial charge < -0.3 is 20.9 Å². The van der Waals surface area contributed by atoms with E-state index < -0.39 is 0 Å². The number of benzene rings is 3. The Hall–Kier alpha value is -4.32. The minimum Gasteiger partial charge on any atom is -0.457 e. The van der Waals surface area contributed by atoms with E-state index >= 15 is 0 Å². The fourth-order valence-corrected chi connectivity index (χ4v) is 3.01. The van der Waals surface area contributed by atoms with Gasteiger partial charge in [0.05, 0.1) is 0 Å². The molecule has 0 aromatic heterocycles. The van der Waals surface area contributed by atoms with Crippen molar-refractivity contribution in [2.24, 2.45) is 0 Å². The standard InChI is InChI=1S/C24H18N2O4/c25-15-3-1-5-18(11-15)29-20-8-9-21(22-13-17(27)7-10-23(22)28)24(14-20)30-19-6-2-4-16(26)12-19/h1-14H,25-26H2. The van der Waals surface area contributed by atoms with Crippen LogP contribution in [0.1, 0.15) is 5.56 Å². The van der Waals surface area contributed by atoms with E-state index in [2.05, 4.69) is 0 Å². The first-order chi connectivity index (χ1) is 14.5. The van der Waals surface area contributed by atoms with Crippen LogP contribution in [0.5, 0.6) is 23.0 Å². The van der Waals surface area contributed by atoms with Crippen LogP contribution in [0.15, 0.2) is 85.0 Å². The maximum absolute atomic E-state index is 12.4. The average molecular weight is 398 g/mol. The van der Waals surface area contributed by atoms with Gasteiger partial charge in [-0.25, -0.2) is 0 Å². The molecule has 1 aliphatic rings. The zero-order valence-electron chi connectivity index (χ0n) is 15.9. The summed E-state index contributed by atoms with van der Waals surface area (Å²) in [5.74, 6) is 1.33. The SMILES string of the molecule is Nc1cccc(Oc2ccc(C3=CC(=O)C=CC3=O)c(Oc3cccc(N)c3)c2)c1. The summed E-state index contributed by atoms with van der Waals surface area (Å²) in [4.78, 5) is 24.2. The van der Waals surface area contributed by atoms with Crippen LogP contribution in [-0.4, -0.2) is 11.6 Å². The molecule has 4 rings (SSSR count). The second-order valence-corrected chi connectivity index (χ2v) is 6.67. The molecule has 6 heteroatoms. The first-order valence-electron chi connectivity index (χ1n) is 9.17. The summed E-state index contributed by atoms with van der Waals surface area (Å²) < 4.78 is 11.9. The van der Waals surface area contributed by atoms with Gasteiger partial charge in [0, 0.05) is 40.7 Å². The number of nitrogen functional groups attached to an aromatic ring is 2. The second-order valence-electron chi connectivity index (χ2n) is 6.67. The number of hydrogen-bond acceptors (Lipinski definition) is 6. The van der Waals surface area contributed by atoms with Gasteiger partial charge >= 0.3 is 0 Å². The van der Waals surface area contributed by atoms with Crippen molar-refractivity contribution in [1.82, 2.24) is 0 Å². The van der Waals surface area contributed by atoms with Gasteiger partial charge in [0.1, 0.15) is 23.0 Å². The van der Waals surface area contributed by atoms with E-state index in [0.717, 1.165) is 0 Å². The number of ketones is 2. The molecule has 6 nitrogen and oxygen atoms in total. The van der Waals surface area contributed by atoms with Crippen LogP contribution >= 0.6 is 0 Å². The lowest BCUT2D eigenvalue weighted by molar-refractivity contribution is -0.113. The summed E-state index contributed by atoms with van der Waals surface area (Å²) in [5, 5.41) is 0. The molecule has 0 saturated carbocycles. The van der Waals surface area contributed by atoms with Crippen LogP contribution in [0.3, 0.4) is 0 Å². The lowest BCUT2D eigenvalue weighted by atomic mass is 9.95. The summed E-state index contributed by atoms with van der Waals surface area (Å²) in [6.45, 7) is 0. The highest BCUT2D eigenvalue weighted by molar-refractivity contribution is 6.34. The Morgan fingerprint density at radius 1 is 0.667 bits per heavy atom. The number of anilines is 2. The molecule has 0 amide bonds. The van der Waals surface area contributed by atoms with E-state index in [4.69, 9.17) is 20.9 Å². The van der Waals surface area contributed by atoms with E-state index in [-0.39, 0.29) is 17.1 Å². The smallest absolute Gasteiger partial charge is 0.186 e. The molecule has 4 N–H and O–H groups in total. The fourth-order valence-electron chi connectivity index (χ4n) is 3.01. The molecule has 0 saturated heterocycles. The quantitative estimate of drug-likeness (QED) is 0.483. The van der Waals surface area contributed by atoms with Crippen LogP contribution in [0, 0.1) is 0 Å². The van der Waals surface area contributed by atoms with Gasteiger partial charge in [-0.1, -0.05) is 12.1 Å². The Bertz CT molecular complexity index is 1210. The van der Waals surface area contributed by atoms with Crippen LogP contribution in [0.25, 0.3) is 5.57 Å². The van der Waals surface area contributed by atoms with Gasteiger partial charge in [0.2, 0.25) is 0 Å². The van der Waals surface area contributed by atoms with Gasteiger partial charge in [-0.15, -0.1) is 0 Å². The van der Waals surface area contributed by atoms with Crippen LogP contribution in [-0.2, 0) is 9.59 Å². The molecule has 0 fully saturated rings. The maximum atomic E-state index is 12.4. The Kier molecular flexibility index (Phi) is 5.05. The van der Waals surface area contributed by atoms with E-state index in [1.54, 1.807) is 66.7 Å². The van der Waals surface area contributed by atoms with Crippen molar-refractivity contribution in [3.63, 3.8) is 0 Å². The molecule has 0 bridgehead atoms. The van der Waals surface area contributed by atoms with Crippen LogP contribution < -0.4 is 20.9 Å². The molecule has 148 valence electrons. The first-order valence-corrected chi connectivity index (χ1v) is 9.17. The normalized spacial score (nSPS) is 13.1. The highest BCUT2D eigenvalue weighted by Crippen LogP contribution is 2.37. The van der Waals surface area contributed by atoms with Crippen LogP contribution in [0.4, 0.5) is 11.4 Å². The monoisotopic (exact) mass is 398 g/mol. The highest BCUT2D eigenvalue weighted by Gasteiger charge is 2.20. The Labute approximate surface area is 173 Å². The van der Waals surface area contributed by atoms with E-state index in [1.165, 1.54) is 18.2 Å². The van der Waals surface area contributed by atoms with Crippen molar-refractivity contribution in [3.8, 4) is 23.0 Å². The zero-order valence-corrected chi connectivity index (χ0v) is 15.9. The Balaban J connectivity index is 1.75. The zero-order chi connectivity index (χ0) is 21.1. The largest absolute Gasteiger partial charge is 0.457 e. The van der Waals surface area contributed by atoms with Crippen molar-refractivity contribution in [2.45, 2.75) is 0 Å². The third-order valence-corrected chi connectivity index (χ3v) is 4.37. The van der Waals surface area contributed by atoms with Gasteiger partial charge in [-0.05, 0) is 54.6 Å². The predicted octanol–water partition coefficient (Wildman–Crippen LogP) is 4.53. The minimum atomic E-state index is -0.281. The molecule has 3 aromatic rings. The number of carbonyl (C=O) groups is 2. The topological polar surface area (TPSA) is 105 Å². The summed E-state index contributed by atoms with van der Waals surface area (Å²) in [7, 11) is 0. The number of ether oxygens (including phenoxy) is 2. The lowest BCUT2D eigenvalue weighted by Gasteiger charge is -2.16. The van der Waals surface area contributed by atoms with Crippen LogP contribution in [0.2, 0.25) is 0 Å². The number of nitrogens with two attached hydrogens (primary N) is 2. The molecule has 0 radical (unpaired) electrons. The molecular weight excluding hydrogens is 380 g/mol. The van der Waals surface area contributed by atoms with Gasteiger partial charge in [-0.3, -0.25) is 9.59 Å². The molecule has 30 heavy (non-hydrogen) atoms. The molecule has 0 heterocycles. The summed E-state index contributed by atoms with van der Waals surface area (Å²) in [6.07, 6.45) is 3.78.